The first-order chi connectivity index (χ1) is 13.8. The first-order valence-electron chi connectivity index (χ1n) is 10.3. The van der Waals surface area contributed by atoms with Crippen molar-refractivity contribution in [3.8, 4) is 0 Å². The van der Waals surface area contributed by atoms with Crippen LogP contribution in [0.25, 0.3) is 0 Å². The Balaban J connectivity index is 1.26. The van der Waals surface area contributed by atoms with Gasteiger partial charge in [-0.15, -0.1) is 0 Å². The van der Waals surface area contributed by atoms with Gasteiger partial charge in [0.05, 0.1) is 18.8 Å². The van der Waals surface area contributed by atoms with Gasteiger partial charge in [0.1, 0.15) is 0 Å². The molecule has 2 heterocycles. The molecular weight excluding hydrogens is 385 g/mol. The van der Waals surface area contributed by atoms with Crippen LogP contribution in [0.4, 0.5) is 18.9 Å². The predicted molar refractivity (Wildman–Crippen MR) is 101 cm³/mol. The fourth-order valence-corrected chi connectivity index (χ4v) is 4.58. The van der Waals surface area contributed by atoms with Crippen molar-refractivity contribution in [1.29, 1.82) is 0 Å². The third-order valence-corrected chi connectivity index (χ3v) is 6.31. The van der Waals surface area contributed by atoms with Crippen LogP contribution in [0.5, 0.6) is 0 Å². The van der Waals surface area contributed by atoms with E-state index < -0.39 is 17.5 Å². The molecule has 1 saturated carbocycles. The summed E-state index contributed by atoms with van der Waals surface area (Å²) in [5.74, 6) is 0.0844. The molecule has 1 aromatic carbocycles. The number of rotatable bonds is 3. The summed E-state index contributed by atoms with van der Waals surface area (Å²) < 4.78 is 50.3. The standard InChI is InChI=1S/C21H27F3N2O3/c22-21(23,24)17-2-1-3-18(15-17)25-8-10-26(11-9-25)19(27)14-16-4-6-20(7-5-16)28-12-13-29-20/h1-3,15-16H,4-14H2. The van der Waals surface area contributed by atoms with E-state index in [-0.39, 0.29) is 5.91 Å². The van der Waals surface area contributed by atoms with Crippen LogP contribution in [0.2, 0.25) is 0 Å². The lowest BCUT2D eigenvalue weighted by Gasteiger charge is -2.38. The van der Waals surface area contributed by atoms with Crippen molar-refractivity contribution in [2.75, 3.05) is 44.3 Å². The number of hydrogen-bond acceptors (Lipinski definition) is 4. The number of piperazine rings is 1. The quantitative estimate of drug-likeness (QED) is 0.760. The summed E-state index contributed by atoms with van der Waals surface area (Å²) in [6.45, 7) is 3.47. The Kier molecular flexibility index (Phi) is 5.75. The van der Waals surface area contributed by atoms with Gasteiger partial charge < -0.3 is 19.3 Å². The van der Waals surface area contributed by atoms with Gasteiger partial charge in [-0.25, -0.2) is 0 Å². The third kappa shape index (κ3) is 4.69. The molecular formula is C21H27F3N2O3. The van der Waals surface area contributed by atoms with Crippen LogP contribution >= 0.6 is 0 Å². The number of amides is 1. The molecule has 160 valence electrons. The first kappa shape index (κ1) is 20.5. The molecule has 3 aliphatic rings. The van der Waals surface area contributed by atoms with Crippen LogP contribution < -0.4 is 4.90 Å². The Morgan fingerprint density at radius 2 is 1.72 bits per heavy atom. The van der Waals surface area contributed by atoms with E-state index >= 15 is 0 Å². The summed E-state index contributed by atoms with van der Waals surface area (Å²) in [4.78, 5) is 16.5. The zero-order chi connectivity index (χ0) is 20.5. The third-order valence-electron chi connectivity index (χ3n) is 6.31. The molecule has 0 unspecified atom stereocenters. The molecule has 0 bridgehead atoms. The van der Waals surface area contributed by atoms with Gasteiger partial charge >= 0.3 is 6.18 Å². The summed E-state index contributed by atoms with van der Waals surface area (Å²) in [7, 11) is 0. The van der Waals surface area contributed by atoms with E-state index in [9.17, 15) is 18.0 Å². The zero-order valence-electron chi connectivity index (χ0n) is 16.4. The number of carbonyl (C=O) groups is 1. The average molecular weight is 412 g/mol. The maximum absolute atomic E-state index is 12.9. The zero-order valence-corrected chi connectivity index (χ0v) is 16.4. The summed E-state index contributed by atoms with van der Waals surface area (Å²) in [5, 5.41) is 0. The maximum Gasteiger partial charge on any atom is 0.416 e. The number of alkyl halides is 3. The van der Waals surface area contributed by atoms with Crippen LogP contribution in [0.1, 0.15) is 37.7 Å². The lowest BCUT2D eigenvalue weighted by atomic mass is 9.83. The highest BCUT2D eigenvalue weighted by molar-refractivity contribution is 5.76. The summed E-state index contributed by atoms with van der Waals surface area (Å²) in [5.41, 5.74) is -0.0835. The molecule has 29 heavy (non-hydrogen) atoms. The summed E-state index contributed by atoms with van der Waals surface area (Å²) in [6.07, 6.45) is -0.283. The van der Waals surface area contributed by atoms with Crippen molar-refractivity contribution in [2.45, 2.75) is 44.1 Å². The molecule has 0 N–H and O–H groups in total. The van der Waals surface area contributed by atoms with E-state index in [1.54, 1.807) is 6.07 Å². The Labute approximate surface area is 168 Å². The van der Waals surface area contributed by atoms with E-state index in [0.29, 0.717) is 57.4 Å². The van der Waals surface area contributed by atoms with E-state index in [2.05, 4.69) is 0 Å². The summed E-state index contributed by atoms with van der Waals surface area (Å²) in [6, 6.07) is 5.39. The second-order valence-corrected chi connectivity index (χ2v) is 8.17. The van der Waals surface area contributed by atoms with Crippen molar-refractivity contribution in [3.63, 3.8) is 0 Å². The van der Waals surface area contributed by atoms with Crippen LogP contribution in [0, 0.1) is 5.92 Å². The molecule has 1 aliphatic carbocycles. The minimum atomic E-state index is -4.35. The maximum atomic E-state index is 12.9. The van der Waals surface area contributed by atoms with Gasteiger partial charge in [0.15, 0.2) is 5.79 Å². The van der Waals surface area contributed by atoms with Crippen LogP contribution in [0.15, 0.2) is 24.3 Å². The Hall–Kier alpha value is -1.80. The van der Waals surface area contributed by atoms with Crippen LogP contribution in [0.3, 0.4) is 0 Å². The van der Waals surface area contributed by atoms with Gasteiger partial charge in [-0.05, 0) is 37.0 Å². The van der Waals surface area contributed by atoms with Crippen molar-refractivity contribution >= 4 is 11.6 Å². The van der Waals surface area contributed by atoms with E-state index in [0.717, 1.165) is 31.7 Å². The summed E-state index contributed by atoms with van der Waals surface area (Å²) >= 11 is 0. The van der Waals surface area contributed by atoms with Gasteiger partial charge in [-0.1, -0.05) is 6.07 Å². The monoisotopic (exact) mass is 412 g/mol. The van der Waals surface area contributed by atoms with E-state index in [1.165, 1.54) is 12.1 Å². The lowest BCUT2D eigenvalue weighted by molar-refractivity contribution is -0.183. The molecule has 8 heteroatoms. The van der Waals surface area contributed by atoms with Crippen molar-refractivity contribution in [2.24, 2.45) is 5.92 Å². The van der Waals surface area contributed by atoms with E-state index in [4.69, 9.17) is 9.47 Å². The molecule has 2 saturated heterocycles. The second kappa shape index (κ2) is 8.14. The number of ether oxygens (including phenoxy) is 2. The number of halogens is 3. The highest BCUT2D eigenvalue weighted by Crippen LogP contribution is 2.39. The molecule has 1 amide bonds. The molecule has 1 aromatic rings. The topological polar surface area (TPSA) is 42.0 Å². The van der Waals surface area contributed by atoms with Gasteiger partial charge in [-0.3, -0.25) is 4.79 Å². The van der Waals surface area contributed by atoms with Crippen molar-refractivity contribution in [1.82, 2.24) is 4.90 Å². The number of anilines is 1. The number of hydrogen-bond donors (Lipinski definition) is 0. The largest absolute Gasteiger partial charge is 0.416 e. The lowest BCUT2D eigenvalue weighted by Crippen LogP contribution is -2.49. The van der Waals surface area contributed by atoms with Gasteiger partial charge in [0, 0.05) is 51.1 Å². The second-order valence-electron chi connectivity index (χ2n) is 8.17. The molecule has 3 fully saturated rings. The number of carbonyl (C=O) groups excluding carboxylic acids is 1. The van der Waals surface area contributed by atoms with E-state index in [1.807, 2.05) is 9.80 Å². The molecule has 0 radical (unpaired) electrons. The molecule has 4 rings (SSSR count). The van der Waals surface area contributed by atoms with Crippen LogP contribution in [-0.4, -0.2) is 56.0 Å². The minimum absolute atomic E-state index is 0.142. The van der Waals surface area contributed by atoms with Gasteiger partial charge in [-0.2, -0.15) is 13.2 Å². The fraction of sp³-hybridized carbons (Fsp3) is 0.667. The number of benzene rings is 1. The molecule has 0 atom stereocenters. The normalized spacial score (nSPS) is 23.0. The highest BCUT2D eigenvalue weighted by atomic mass is 19.4. The van der Waals surface area contributed by atoms with Gasteiger partial charge in [0.2, 0.25) is 5.91 Å². The van der Waals surface area contributed by atoms with Crippen LogP contribution in [-0.2, 0) is 20.4 Å². The molecule has 0 aromatic heterocycles. The fourth-order valence-electron chi connectivity index (χ4n) is 4.58. The smallest absolute Gasteiger partial charge is 0.368 e. The predicted octanol–water partition coefficient (Wildman–Crippen LogP) is 3.68. The van der Waals surface area contributed by atoms with Crippen molar-refractivity contribution < 1.29 is 27.4 Å². The molecule has 2 aliphatic heterocycles. The Morgan fingerprint density at radius 3 is 2.34 bits per heavy atom. The highest BCUT2D eigenvalue weighted by Gasteiger charge is 2.41. The average Bonchev–Trinajstić information content (AvgIpc) is 3.17. The Morgan fingerprint density at radius 1 is 1.07 bits per heavy atom. The van der Waals surface area contributed by atoms with Gasteiger partial charge in [0.25, 0.3) is 0 Å². The first-order valence-corrected chi connectivity index (χ1v) is 10.3. The molecule has 1 spiro atoms. The minimum Gasteiger partial charge on any atom is -0.368 e. The van der Waals surface area contributed by atoms with Crippen molar-refractivity contribution in [3.05, 3.63) is 29.8 Å². The number of nitrogens with zero attached hydrogens (tertiary/aromatic N) is 2. The Bertz CT molecular complexity index is 716. The molecule has 5 nitrogen and oxygen atoms in total. The SMILES string of the molecule is O=C(CC1CCC2(CC1)OCCO2)N1CCN(c2cccc(C(F)(F)F)c2)CC1.